The normalized spacial score (nSPS) is 24.9. The van der Waals surface area contributed by atoms with Crippen molar-refractivity contribution in [2.24, 2.45) is 0 Å². The highest BCUT2D eigenvalue weighted by Crippen LogP contribution is 2.16. The number of rotatable bonds is 1. The molecular formula is C9H15N. The van der Waals surface area contributed by atoms with Crippen molar-refractivity contribution in [2.45, 2.75) is 26.3 Å². The van der Waals surface area contributed by atoms with Gasteiger partial charge in [-0.25, -0.2) is 0 Å². The highest BCUT2D eigenvalue weighted by Gasteiger charge is 2.11. The van der Waals surface area contributed by atoms with Crippen molar-refractivity contribution in [3.8, 4) is 0 Å². The third-order valence-corrected chi connectivity index (χ3v) is 2.19. The third kappa shape index (κ3) is 1.23. The zero-order valence-corrected chi connectivity index (χ0v) is 6.96. The fourth-order valence-electron chi connectivity index (χ4n) is 1.25. The molecule has 1 aliphatic rings. The molecule has 56 valence electrons. The van der Waals surface area contributed by atoms with Crippen LogP contribution in [0.25, 0.3) is 0 Å². The summed E-state index contributed by atoms with van der Waals surface area (Å²) in [5, 5.41) is 0. The lowest BCUT2D eigenvalue weighted by Crippen LogP contribution is -2.27. The van der Waals surface area contributed by atoms with Crippen LogP contribution in [0.3, 0.4) is 0 Å². The minimum absolute atomic E-state index is 0.593. The van der Waals surface area contributed by atoms with Crippen LogP contribution < -0.4 is 0 Å². The first-order chi connectivity index (χ1) is 4.75. The second-order valence-corrected chi connectivity index (χ2v) is 2.78. The summed E-state index contributed by atoms with van der Waals surface area (Å²) >= 11 is 0. The Kier molecular flexibility index (Phi) is 2.15. The van der Waals surface area contributed by atoms with Crippen LogP contribution in [0.2, 0.25) is 0 Å². The largest absolute Gasteiger partial charge is 0.374 e. The van der Waals surface area contributed by atoms with Crippen LogP contribution in [0.5, 0.6) is 0 Å². The lowest BCUT2D eigenvalue weighted by atomic mass is 10.0. The van der Waals surface area contributed by atoms with Crippen LogP contribution in [0.4, 0.5) is 0 Å². The molecule has 0 spiro atoms. The molecule has 0 amide bonds. The summed E-state index contributed by atoms with van der Waals surface area (Å²) in [7, 11) is 2.11. The van der Waals surface area contributed by atoms with Gasteiger partial charge in [-0.15, -0.1) is 0 Å². The molecule has 0 aliphatic carbocycles. The number of hydrogen-bond acceptors (Lipinski definition) is 1. The maximum Gasteiger partial charge on any atom is 0.0468 e. The fraction of sp³-hybridized carbons (Fsp3) is 0.556. The molecule has 0 N–H and O–H groups in total. The van der Waals surface area contributed by atoms with Gasteiger partial charge in [0.15, 0.2) is 0 Å². The highest BCUT2D eigenvalue weighted by molar-refractivity contribution is 5.21. The van der Waals surface area contributed by atoms with Crippen LogP contribution >= 0.6 is 0 Å². The zero-order valence-electron chi connectivity index (χ0n) is 6.96. The molecule has 1 nitrogen and oxygen atoms in total. The minimum Gasteiger partial charge on any atom is -0.374 e. The van der Waals surface area contributed by atoms with Crippen LogP contribution in [-0.4, -0.2) is 18.0 Å². The summed E-state index contributed by atoms with van der Waals surface area (Å²) in [4.78, 5) is 2.23. The molecule has 0 aromatic rings. The molecule has 1 aliphatic heterocycles. The Labute approximate surface area is 63.0 Å². The summed E-state index contributed by atoms with van der Waals surface area (Å²) in [5.74, 6) is 0. The van der Waals surface area contributed by atoms with E-state index < -0.39 is 0 Å². The lowest BCUT2D eigenvalue weighted by Gasteiger charge is -2.27. The van der Waals surface area contributed by atoms with Gasteiger partial charge in [0, 0.05) is 13.1 Å². The molecule has 0 saturated carbocycles. The van der Waals surface area contributed by atoms with Crippen molar-refractivity contribution >= 4 is 0 Å². The van der Waals surface area contributed by atoms with E-state index >= 15 is 0 Å². The van der Waals surface area contributed by atoms with E-state index in [2.05, 4.69) is 44.1 Å². The summed E-state index contributed by atoms with van der Waals surface area (Å²) < 4.78 is 0. The van der Waals surface area contributed by atoms with Gasteiger partial charge >= 0.3 is 0 Å². The smallest absolute Gasteiger partial charge is 0.0468 e. The van der Waals surface area contributed by atoms with E-state index in [1.165, 1.54) is 5.57 Å². The van der Waals surface area contributed by atoms with Crippen LogP contribution in [0, 0.1) is 0 Å². The van der Waals surface area contributed by atoms with Crippen LogP contribution in [0.15, 0.2) is 23.9 Å². The van der Waals surface area contributed by atoms with Crippen molar-refractivity contribution in [1.82, 2.24) is 4.90 Å². The maximum absolute atomic E-state index is 2.23. The average molecular weight is 137 g/mol. The number of likely N-dealkylation sites (N-methyl/N-ethyl adjacent to an activating group) is 1. The molecule has 0 fully saturated rings. The van der Waals surface area contributed by atoms with Gasteiger partial charge in [0.1, 0.15) is 0 Å². The van der Waals surface area contributed by atoms with E-state index in [9.17, 15) is 0 Å². The molecule has 0 aromatic carbocycles. The number of nitrogens with zero attached hydrogens (tertiary/aromatic N) is 1. The predicted octanol–water partition coefficient (Wildman–Crippen LogP) is 2.17. The zero-order chi connectivity index (χ0) is 7.56. The Morgan fingerprint density at radius 2 is 2.30 bits per heavy atom. The van der Waals surface area contributed by atoms with Crippen molar-refractivity contribution in [3.63, 3.8) is 0 Å². The molecule has 0 aromatic heterocycles. The van der Waals surface area contributed by atoms with Gasteiger partial charge in [0.25, 0.3) is 0 Å². The molecule has 1 atom stereocenters. The molecule has 1 heterocycles. The first-order valence-electron chi connectivity index (χ1n) is 3.85. The van der Waals surface area contributed by atoms with Crippen molar-refractivity contribution in [3.05, 3.63) is 23.9 Å². The summed E-state index contributed by atoms with van der Waals surface area (Å²) in [6.45, 7) is 4.44. The number of allylic oxidation sites excluding steroid dienone is 2. The van der Waals surface area contributed by atoms with Gasteiger partial charge in [0.05, 0.1) is 0 Å². The summed E-state index contributed by atoms with van der Waals surface area (Å²) in [6.07, 6.45) is 7.60. The van der Waals surface area contributed by atoms with Gasteiger partial charge in [-0.2, -0.15) is 0 Å². The average Bonchev–Trinajstić information content (AvgIpc) is 1.95. The lowest BCUT2D eigenvalue weighted by molar-refractivity contribution is 0.381. The minimum atomic E-state index is 0.593. The second-order valence-electron chi connectivity index (χ2n) is 2.78. The van der Waals surface area contributed by atoms with Crippen molar-refractivity contribution in [1.29, 1.82) is 0 Å². The highest BCUT2D eigenvalue weighted by atomic mass is 15.1. The van der Waals surface area contributed by atoms with E-state index in [0.29, 0.717) is 6.04 Å². The van der Waals surface area contributed by atoms with E-state index in [4.69, 9.17) is 0 Å². The van der Waals surface area contributed by atoms with Crippen LogP contribution in [0.1, 0.15) is 20.3 Å². The van der Waals surface area contributed by atoms with Gasteiger partial charge in [-0.1, -0.05) is 13.0 Å². The standard InChI is InChI=1S/C9H15N/c1-4-9-6-5-7-10(3)8(9)2/h5-8H,4H2,1-3H3. The Bertz CT molecular complexity index is 168. The topological polar surface area (TPSA) is 3.24 Å². The van der Waals surface area contributed by atoms with Gasteiger partial charge in [-0.05, 0) is 31.2 Å². The summed E-state index contributed by atoms with van der Waals surface area (Å²) in [6, 6.07) is 0.593. The van der Waals surface area contributed by atoms with E-state index in [1.807, 2.05) is 0 Å². The van der Waals surface area contributed by atoms with E-state index in [1.54, 1.807) is 0 Å². The van der Waals surface area contributed by atoms with Crippen molar-refractivity contribution in [2.75, 3.05) is 7.05 Å². The molecule has 1 unspecified atom stereocenters. The molecule has 1 heteroatoms. The summed E-state index contributed by atoms with van der Waals surface area (Å²) in [5.41, 5.74) is 1.52. The Hall–Kier alpha value is -0.720. The first-order valence-corrected chi connectivity index (χ1v) is 3.85. The Morgan fingerprint density at radius 1 is 1.60 bits per heavy atom. The Balaban J connectivity index is 2.71. The molecule has 0 bridgehead atoms. The quantitative estimate of drug-likeness (QED) is 0.535. The maximum atomic E-state index is 2.23. The van der Waals surface area contributed by atoms with Crippen LogP contribution in [-0.2, 0) is 0 Å². The first kappa shape index (κ1) is 7.39. The molecule has 0 radical (unpaired) electrons. The molecule has 10 heavy (non-hydrogen) atoms. The molecule has 1 rings (SSSR count). The van der Waals surface area contributed by atoms with Crippen molar-refractivity contribution < 1.29 is 0 Å². The molecule has 0 saturated heterocycles. The second kappa shape index (κ2) is 2.91. The van der Waals surface area contributed by atoms with Gasteiger partial charge in [0.2, 0.25) is 0 Å². The SMILES string of the molecule is CCC1=CC=CN(C)C1C. The third-order valence-electron chi connectivity index (χ3n) is 2.19. The molecular weight excluding hydrogens is 122 g/mol. The monoisotopic (exact) mass is 137 g/mol. The van der Waals surface area contributed by atoms with Gasteiger partial charge < -0.3 is 4.90 Å². The Morgan fingerprint density at radius 3 is 2.80 bits per heavy atom. The fourth-order valence-corrected chi connectivity index (χ4v) is 1.25. The van der Waals surface area contributed by atoms with Gasteiger partial charge in [-0.3, -0.25) is 0 Å². The van der Waals surface area contributed by atoms with E-state index in [0.717, 1.165) is 6.42 Å². The van der Waals surface area contributed by atoms with E-state index in [-0.39, 0.29) is 0 Å². The number of hydrogen-bond donors (Lipinski definition) is 0. The predicted molar refractivity (Wildman–Crippen MR) is 44.7 cm³/mol.